The number of rotatable bonds is 1. The van der Waals surface area contributed by atoms with Crippen LogP contribution in [0.5, 0.6) is 0 Å². The van der Waals surface area contributed by atoms with Crippen molar-refractivity contribution in [2.45, 2.75) is 19.5 Å². The first kappa shape index (κ1) is 9.23. The molecule has 0 bridgehead atoms. The van der Waals surface area contributed by atoms with E-state index in [1.807, 2.05) is 0 Å². The maximum atomic E-state index is 13.4. The number of halogens is 1. The van der Waals surface area contributed by atoms with Gasteiger partial charge in [0.15, 0.2) is 6.17 Å². The van der Waals surface area contributed by atoms with Crippen LogP contribution in [0, 0.1) is 5.41 Å². The Morgan fingerprint density at radius 2 is 2.58 bits per heavy atom. The van der Waals surface area contributed by atoms with E-state index in [2.05, 4.69) is 5.32 Å². The second-order valence-corrected chi connectivity index (χ2v) is 3.37. The van der Waals surface area contributed by atoms with Crippen molar-refractivity contribution in [3.8, 4) is 0 Å². The molecule has 0 radical (unpaired) electrons. The van der Waals surface area contributed by atoms with Crippen LogP contribution in [0.2, 0.25) is 0 Å². The van der Waals surface area contributed by atoms with Crippen LogP contribution >= 0.6 is 0 Å². The second kappa shape index (κ2) is 3.25. The highest BCUT2D eigenvalue weighted by Crippen LogP contribution is 2.33. The number of nitrogens with one attached hydrogen (secondary N) is 1. The zero-order valence-electron chi connectivity index (χ0n) is 6.93. The van der Waals surface area contributed by atoms with Gasteiger partial charge in [-0.05, 0) is 6.42 Å². The van der Waals surface area contributed by atoms with Crippen molar-refractivity contribution in [2.75, 3.05) is 13.2 Å². The number of hydrogen-bond donors (Lipinski definition) is 2. The third kappa shape index (κ3) is 1.36. The zero-order chi connectivity index (χ0) is 9.19. The van der Waals surface area contributed by atoms with Gasteiger partial charge in [0, 0.05) is 12.0 Å². The third-order valence-corrected chi connectivity index (χ3v) is 2.35. The molecule has 0 aromatic heterocycles. The molecule has 0 spiro atoms. The Kier molecular flexibility index (Phi) is 2.50. The average molecular weight is 173 g/mol. The van der Waals surface area contributed by atoms with Gasteiger partial charge < -0.3 is 10.4 Å². The number of allylic oxidation sites excluding steroid dienone is 1. The molecule has 1 rings (SSSR count). The van der Waals surface area contributed by atoms with E-state index < -0.39 is 11.6 Å². The SMILES string of the molecule is CC1(CO)CCNC(=C=O)C1F. The van der Waals surface area contributed by atoms with Crippen molar-refractivity contribution in [1.82, 2.24) is 5.32 Å². The Morgan fingerprint density at radius 1 is 1.92 bits per heavy atom. The van der Waals surface area contributed by atoms with Crippen LogP contribution in [0.1, 0.15) is 13.3 Å². The predicted molar refractivity (Wildman–Crippen MR) is 41.9 cm³/mol. The van der Waals surface area contributed by atoms with E-state index in [4.69, 9.17) is 5.11 Å². The molecule has 1 aliphatic heterocycles. The molecule has 4 heteroatoms. The van der Waals surface area contributed by atoms with Crippen molar-refractivity contribution in [3.05, 3.63) is 5.70 Å². The molecule has 3 nitrogen and oxygen atoms in total. The van der Waals surface area contributed by atoms with Crippen molar-refractivity contribution >= 4 is 5.94 Å². The lowest BCUT2D eigenvalue weighted by Crippen LogP contribution is -2.45. The van der Waals surface area contributed by atoms with E-state index in [0.717, 1.165) is 0 Å². The maximum absolute atomic E-state index is 13.4. The molecule has 0 amide bonds. The molecule has 0 saturated carbocycles. The number of carbonyl (C=O) groups excluding carboxylic acids is 1. The molecule has 1 saturated heterocycles. The standard InChI is InChI=1S/C8H12FNO2/c1-8(5-12)2-3-10-6(4-11)7(8)9/h7,10,12H,2-3,5H2,1H3. The normalized spacial score (nSPS) is 35.6. The molecular weight excluding hydrogens is 161 g/mol. The zero-order valence-corrected chi connectivity index (χ0v) is 6.93. The van der Waals surface area contributed by atoms with Gasteiger partial charge in [-0.15, -0.1) is 0 Å². The van der Waals surface area contributed by atoms with Gasteiger partial charge in [-0.3, -0.25) is 0 Å². The van der Waals surface area contributed by atoms with Crippen molar-refractivity contribution in [1.29, 1.82) is 0 Å². The molecule has 0 aromatic carbocycles. The summed E-state index contributed by atoms with van der Waals surface area (Å²) < 4.78 is 13.4. The molecular formula is C8H12FNO2. The first-order valence-electron chi connectivity index (χ1n) is 3.88. The van der Waals surface area contributed by atoms with Crippen LogP contribution in [0.25, 0.3) is 0 Å². The van der Waals surface area contributed by atoms with Crippen LogP contribution in [-0.4, -0.2) is 30.4 Å². The second-order valence-electron chi connectivity index (χ2n) is 3.37. The van der Waals surface area contributed by atoms with Gasteiger partial charge in [-0.2, -0.15) is 0 Å². The molecule has 12 heavy (non-hydrogen) atoms. The smallest absolute Gasteiger partial charge is 0.158 e. The van der Waals surface area contributed by atoms with Gasteiger partial charge in [-0.1, -0.05) is 6.92 Å². The number of alkyl halides is 1. The minimum atomic E-state index is -1.42. The van der Waals surface area contributed by atoms with Crippen LogP contribution in [-0.2, 0) is 4.79 Å². The summed E-state index contributed by atoms with van der Waals surface area (Å²) in [4.78, 5) is 10.2. The summed E-state index contributed by atoms with van der Waals surface area (Å²) in [6.07, 6.45) is -0.899. The summed E-state index contributed by atoms with van der Waals surface area (Å²) >= 11 is 0. The van der Waals surface area contributed by atoms with Gasteiger partial charge in [0.2, 0.25) is 0 Å². The van der Waals surface area contributed by atoms with E-state index in [1.54, 1.807) is 6.92 Å². The van der Waals surface area contributed by atoms with Crippen molar-refractivity contribution in [2.24, 2.45) is 5.41 Å². The fourth-order valence-corrected chi connectivity index (χ4v) is 1.29. The van der Waals surface area contributed by atoms with Crippen molar-refractivity contribution in [3.63, 3.8) is 0 Å². The van der Waals surface area contributed by atoms with Crippen molar-refractivity contribution < 1.29 is 14.3 Å². The summed E-state index contributed by atoms with van der Waals surface area (Å²) in [5, 5.41) is 11.5. The van der Waals surface area contributed by atoms with Gasteiger partial charge in [0.25, 0.3) is 0 Å². The molecule has 2 atom stereocenters. The Bertz CT molecular complexity index is 225. The first-order chi connectivity index (χ1) is 5.64. The summed E-state index contributed by atoms with van der Waals surface area (Å²) in [5.74, 6) is 1.51. The monoisotopic (exact) mass is 173 g/mol. The molecule has 1 aliphatic rings. The average Bonchev–Trinajstić information content (AvgIpc) is 2.10. The lowest BCUT2D eigenvalue weighted by atomic mass is 9.79. The van der Waals surface area contributed by atoms with E-state index in [0.29, 0.717) is 13.0 Å². The topological polar surface area (TPSA) is 49.3 Å². The summed E-state index contributed by atoms with van der Waals surface area (Å²) in [6, 6.07) is 0. The van der Waals surface area contributed by atoms with Crippen LogP contribution in [0.4, 0.5) is 4.39 Å². The predicted octanol–water partition coefficient (Wildman–Crippen LogP) is 0.0319. The van der Waals surface area contributed by atoms with E-state index >= 15 is 0 Å². The Morgan fingerprint density at radius 3 is 3.08 bits per heavy atom. The molecule has 0 aromatic rings. The molecule has 0 aliphatic carbocycles. The van der Waals surface area contributed by atoms with Gasteiger partial charge in [0.05, 0.1) is 6.61 Å². The number of aliphatic hydroxyl groups is 1. The number of hydrogen-bond acceptors (Lipinski definition) is 3. The van der Waals surface area contributed by atoms with E-state index in [-0.39, 0.29) is 12.3 Å². The first-order valence-corrected chi connectivity index (χ1v) is 3.88. The van der Waals surface area contributed by atoms with Gasteiger partial charge in [0.1, 0.15) is 11.6 Å². The summed E-state index contributed by atoms with van der Waals surface area (Å²) in [6.45, 7) is 1.89. The Balaban J connectivity index is 2.86. The van der Waals surface area contributed by atoms with E-state index in [9.17, 15) is 9.18 Å². The van der Waals surface area contributed by atoms with Crippen LogP contribution < -0.4 is 5.32 Å². The van der Waals surface area contributed by atoms with E-state index in [1.165, 1.54) is 5.94 Å². The number of piperidine rings is 1. The number of aliphatic hydroxyl groups excluding tert-OH is 1. The third-order valence-electron chi connectivity index (χ3n) is 2.35. The Labute approximate surface area is 70.3 Å². The molecule has 1 fully saturated rings. The minimum Gasteiger partial charge on any atom is -0.396 e. The fourth-order valence-electron chi connectivity index (χ4n) is 1.29. The Hall–Kier alpha value is -0.860. The summed E-state index contributed by atoms with van der Waals surface area (Å²) in [7, 11) is 0. The van der Waals surface area contributed by atoms with Gasteiger partial charge in [-0.25, -0.2) is 9.18 Å². The fraction of sp³-hybridized carbons (Fsp3) is 0.750. The van der Waals surface area contributed by atoms with Crippen LogP contribution in [0.15, 0.2) is 5.70 Å². The lowest BCUT2D eigenvalue weighted by molar-refractivity contribution is 0.0458. The minimum absolute atomic E-state index is 0.0715. The largest absolute Gasteiger partial charge is 0.396 e. The highest BCUT2D eigenvalue weighted by atomic mass is 19.1. The molecule has 68 valence electrons. The highest BCUT2D eigenvalue weighted by molar-refractivity contribution is 5.54. The molecule has 2 unspecified atom stereocenters. The lowest BCUT2D eigenvalue weighted by Gasteiger charge is -2.35. The summed E-state index contributed by atoms with van der Waals surface area (Å²) in [5.41, 5.74) is -0.893. The maximum Gasteiger partial charge on any atom is 0.158 e. The highest BCUT2D eigenvalue weighted by Gasteiger charge is 2.40. The quantitative estimate of drug-likeness (QED) is 0.550. The molecule has 2 N–H and O–H groups in total. The van der Waals surface area contributed by atoms with Gasteiger partial charge >= 0.3 is 0 Å². The van der Waals surface area contributed by atoms with Crippen LogP contribution in [0.3, 0.4) is 0 Å². The molecule has 1 heterocycles.